The fourth-order valence-electron chi connectivity index (χ4n) is 1.67. The van der Waals surface area contributed by atoms with Crippen LogP contribution >= 0.6 is 11.6 Å². The number of benzene rings is 1. The Morgan fingerprint density at radius 2 is 2.29 bits per heavy atom. The van der Waals surface area contributed by atoms with Gasteiger partial charge in [0.1, 0.15) is 5.82 Å². The van der Waals surface area contributed by atoms with E-state index in [0.717, 1.165) is 5.82 Å². The standard InChI is InChI=1S/C13H13ClN2O/c1-16-8-7-15-13(16)6-5-12(17)10-3-2-4-11(14)9-10/h2-4,7-9H,5-6H2,1H3. The number of rotatable bonds is 4. The van der Waals surface area contributed by atoms with Crippen LogP contribution in [0.5, 0.6) is 0 Å². The fourth-order valence-corrected chi connectivity index (χ4v) is 1.86. The molecule has 0 radical (unpaired) electrons. The van der Waals surface area contributed by atoms with Crippen molar-refractivity contribution in [3.63, 3.8) is 0 Å². The Kier molecular flexibility index (Phi) is 3.59. The molecule has 0 aliphatic carbocycles. The molecule has 1 aromatic carbocycles. The normalized spacial score (nSPS) is 10.5. The van der Waals surface area contributed by atoms with Gasteiger partial charge in [-0.2, -0.15) is 0 Å². The molecule has 0 saturated carbocycles. The molecule has 2 rings (SSSR count). The van der Waals surface area contributed by atoms with Crippen molar-refractivity contribution in [2.75, 3.05) is 0 Å². The number of ketones is 1. The number of aromatic nitrogens is 2. The Hall–Kier alpha value is -1.61. The van der Waals surface area contributed by atoms with E-state index < -0.39 is 0 Å². The number of hydrogen-bond acceptors (Lipinski definition) is 2. The molecule has 0 spiro atoms. The van der Waals surface area contributed by atoms with E-state index in [1.54, 1.807) is 30.5 Å². The molecule has 0 N–H and O–H groups in total. The summed E-state index contributed by atoms with van der Waals surface area (Å²) in [4.78, 5) is 16.1. The van der Waals surface area contributed by atoms with E-state index in [0.29, 0.717) is 23.4 Å². The maximum atomic E-state index is 11.9. The third kappa shape index (κ3) is 2.94. The number of halogens is 1. The molecule has 0 fully saturated rings. The van der Waals surface area contributed by atoms with E-state index in [1.807, 2.05) is 17.8 Å². The zero-order chi connectivity index (χ0) is 12.3. The summed E-state index contributed by atoms with van der Waals surface area (Å²) in [5.41, 5.74) is 0.659. The first-order valence-corrected chi connectivity index (χ1v) is 5.79. The molecule has 0 atom stereocenters. The van der Waals surface area contributed by atoms with Crippen LogP contribution in [0.3, 0.4) is 0 Å². The zero-order valence-electron chi connectivity index (χ0n) is 9.56. The average molecular weight is 249 g/mol. The number of aryl methyl sites for hydroxylation is 2. The molecule has 2 aromatic rings. The van der Waals surface area contributed by atoms with E-state index in [9.17, 15) is 4.79 Å². The minimum absolute atomic E-state index is 0.0931. The van der Waals surface area contributed by atoms with Crippen LogP contribution in [0.25, 0.3) is 0 Å². The van der Waals surface area contributed by atoms with Gasteiger partial charge in [0.25, 0.3) is 0 Å². The van der Waals surface area contributed by atoms with Gasteiger partial charge < -0.3 is 4.57 Å². The Labute approximate surface area is 105 Å². The second kappa shape index (κ2) is 5.15. The fraction of sp³-hybridized carbons (Fsp3) is 0.231. The first kappa shape index (κ1) is 11.9. The molecule has 0 saturated heterocycles. The van der Waals surface area contributed by atoms with Crippen molar-refractivity contribution in [3.05, 3.63) is 53.1 Å². The topological polar surface area (TPSA) is 34.9 Å². The highest BCUT2D eigenvalue weighted by Gasteiger charge is 2.08. The largest absolute Gasteiger partial charge is 0.338 e. The summed E-state index contributed by atoms with van der Waals surface area (Å²) >= 11 is 5.85. The van der Waals surface area contributed by atoms with E-state index in [4.69, 9.17) is 11.6 Å². The van der Waals surface area contributed by atoms with Gasteiger partial charge in [-0.3, -0.25) is 4.79 Å². The van der Waals surface area contributed by atoms with Gasteiger partial charge in [-0.1, -0.05) is 23.7 Å². The van der Waals surface area contributed by atoms with Crippen LogP contribution < -0.4 is 0 Å². The van der Waals surface area contributed by atoms with E-state index in [-0.39, 0.29) is 5.78 Å². The van der Waals surface area contributed by atoms with E-state index in [1.165, 1.54) is 0 Å². The number of imidazole rings is 1. The van der Waals surface area contributed by atoms with Gasteiger partial charge in [-0.15, -0.1) is 0 Å². The van der Waals surface area contributed by atoms with Gasteiger partial charge in [0.05, 0.1) is 0 Å². The second-order valence-electron chi connectivity index (χ2n) is 3.89. The summed E-state index contributed by atoms with van der Waals surface area (Å²) in [5.74, 6) is 1.01. The molecule has 88 valence electrons. The van der Waals surface area contributed by atoms with Crippen LogP contribution in [0.1, 0.15) is 22.6 Å². The Balaban J connectivity index is 2.01. The predicted molar refractivity (Wildman–Crippen MR) is 67.3 cm³/mol. The minimum atomic E-state index is 0.0931. The smallest absolute Gasteiger partial charge is 0.163 e. The van der Waals surface area contributed by atoms with Crippen LogP contribution in [-0.4, -0.2) is 15.3 Å². The number of carbonyl (C=O) groups excluding carboxylic acids is 1. The Morgan fingerprint density at radius 3 is 2.94 bits per heavy atom. The molecule has 17 heavy (non-hydrogen) atoms. The third-order valence-corrected chi connectivity index (χ3v) is 2.88. The van der Waals surface area contributed by atoms with Gasteiger partial charge in [0, 0.05) is 42.9 Å². The summed E-state index contributed by atoms with van der Waals surface area (Å²) in [7, 11) is 1.92. The molecule has 0 amide bonds. The molecule has 4 heteroatoms. The highest BCUT2D eigenvalue weighted by atomic mass is 35.5. The maximum Gasteiger partial charge on any atom is 0.163 e. The maximum absolute atomic E-state index is 11.9. The molecule has 0 aliphatic heterocycles. The number of Topliss-reactive ketones (excluding diaryl/α,β-unsaturated/α-hetero) is 1. The molecule has 0 bridgehead atoms. The van der Waals surface area contributed by atoms with Gasteiger partial charge >= 0.3 is 0 Å². The zero-order valence-corrected chi connectivity index (χ0v) is 10.3. The molecule has 0 unspecified atom stereocenters. The molecule has 1 heterocycles. The summed E-state index contributed by atoms with van der Waals surface area (Å²) in [6.45, 7) is 0. The minimum Gasteiger partial charge on any atom is -0.338 e. The lowest BCUT2D eigenvalue weighted by Gasteiger charge is -2.02. The SMILES string of the molecule is Cn1ccnc1CCC(=O)c1cccc(Cl)c1. The lowest BCUT2D eigenvalue weighted by atomic mass is 10.1. The van der Waals surface area contributed by atoms with Crippen LogP contribution in [0.15, 0.2) is 36.7 Å². The van der Waals surface area contributed by atoms with Gasteiger partial charge in [0.15, 0.2) is 5.78 Å². The summed E-state index contributed by atoms with van der Waals surface area (Å²) in [6, 6.07) is 7.03. The van der Waals surface area contributed by atoms with Gasteiger partial charge in [-0.05, 0) is 12.1 Å². The first-order chi connectivity index (χ1) is 8.16. The van der Waals surface area contributed by atoms with Crippen molar-refractivity contribution in [2.24, 2.45) is 7.05 Å². The molecular weight excluding hydrogens is 236 g/mol. The Bertz CT molecular complexity index is 534. The summed E-state index contributed by atoms with van der Waals surface area (Å²) < 4.78 is 1.92. The lowest BCUT2D eigenvalue weighted by molar-refractivity contribution is 0.0982. The summed E-state index contributed by atoms with van der Waals surface area (Å²) in [5, 5.41) is 0.591. The Morgan fingerprint density at radius 1 is 1.47 bits per heavy atom. The monoisotopic (exact) mass is 248 g/mol. The average Bonchev–Trinajstić information content (AvgIpc) is 2.72. The number of nitrogens with zero attached hydrogens (tertiary/aromatic N) is 2. The van der Waals surface area contributed by atoms with Crippen LogP contribution in [-0.2, 0) is 13.5 Å². The highest BCUT2D eigenvalue weighted by Crippen LogP contribution is 2.13. The lowest BCUT2D eigenvalue weighted by Crippen LogP contribution is -2.04. The number of hydrogen-bond donors (Lipinski definition) is 0. The van der Waals surface area contributed by atoms with Crippen molar-refractivity contribution in [2.45, 2.75) is 12.8 Å². The molecule has 1 aromatic heterocycles. The summed E-state index contributed by atoms with van der Waals surface area (Å²) in [6.07, 6.45) is 4.71. The van der Waals surface area contributed by atoms with Crippen LogP contribution in [0, 0.1) is 0 Å². The number of carbonyl (C=O) groups is 1. The van der Waals surface area contributed by atoms with E-state index >= 15 is 0 Å². The third-order valence-electron chi connectivity index (χ3n) is 2.64. The molecule has 3 nitrogen and oxygen atoms in total. The van der Waals surface area contributed by atoms with Gasteiger partial charge in [0.2, 0.25) is 0 Å². The predicted octanol–water partition coefficient (Wildman–Crippen LogP) is 2.89. The first-order valence-electron chi connectivity index (χ1n) is 5.42. The van der Waals surface area contributed by atoms with Crippen LogP contribution in [0.4, 0.5) is 0 Å². The highest BCUT2D eigenvalue weighted by molar-refractivity contribution is 6.31. The van der Waals surface area contributed by atoms with Gasteiger partial charge in [-0.25, -0.2) is 4.98 Å². The molecule has 0 aliphatic rings. The van der Waals surface area contributed by atoms with Crippen molar-refractivity contribution < 1.29 is 4.79 Å². The van der Waals surface area contributed by atoms with Crippen molar-refractivity contribution in [1.29, 1.82) is 0 Å². The van der Waals surface area contributed by atoms with Crippen molar-refractivity contribution in [3.8, 4) is 0 Å². The second-order valence-corrected chi connectivity index (χ2v) is 4.32. The van der Waals surface area contributed by atoms with Crippen molar-refractivity contribution in [1.82, 2.24) is 9.55 Å². The van der Waals surface area contributed by atoms with Crippen molar-refractivity contribution >= 4 is 17.4 Å². The van der Waals surface area contributed by atoms with Crippen LogP contribution in [0.2, 0.25) is 5.02 Å². The molecular formula is C13H13ClN2O. The van der Waals surface area contributed by atoms with E-state index in [2.05, 4.69) is 4.98 Å². The quantitative estimate of drug-likeness (QED) is 0.780.